The van der Waals surface area contributed by atoms with Gasteiger partial charge in [0.25, 0.3) is 0 Å². The van der Waals surface area contributed by atoms with E-state index in [1.54, 1.807) is 17.6 Å². The Balaban J connectivity index is 1.27. The fourth-order valence-corrected chi connectivity index (χ4v) is 6.68. The van der Waals surface area contributed by atoms with E-state index in [-0.39, 0.29) is 54.5 Å². The topological polar surface area (TPSA) is 154 Å². The Hall–Kier alpha value is -4.84. The number of aromatic hydroxyl groups is 1. The van der Waals surface area contributed by atoms with Crippen molar-refractivity contribution in [2.75, 3.05) is 39.5 Å². The van der Waals surface area contributed by atoms with Gasteiger partial charge in [-0.3, -0.25) is 14.8 Å². The zero-order chi connectivity index (χ0) is 32.2. The molecule has 6 rings (SSSR count). The molecule has 4 N–H and O–H groups in total. The number of methoxy groups -OCH3 is 2. The van der Waals surface area contributed by atoms with Crippen LogP contribution in [0, 0.1) is 11.8 Å². The normalized spacial score (nSPS) is 20.7. The fourth-order valence-electron chi connectivity index (χ4n) is 6.68. The van der Waals surface area contributed by atoms with E-state index in [4.69, 9.17) is 33.6 Å². The molecule has 1 aliphatic carbocycles. The third-order valence-corrected chi connectivity index (χ3v) is 8.90. The Kier molecular flexibility index (Phi) is 9.25. The number of cyclic esters (lactones) is 1. The standard InChI is InChI=1S/C34H38N2O10/c1-41-27-12-19(13-28(42-2)33(27)38)30-22-15-25-26(46-18-45-25)16-23(22)32(24-17-44-34(39)31(24)30)35-20-8-7-9-21(14-20)43-11-6-4-3-5-10-29(37)36-40/h7-9,12-16,24,30-32,35,38,40H,3-6,10-11,17-18H2,1-2H3,(H,36,37)/t24-,30+,31-,32+/m0/s1. The van der Waals surface area contributed by atoms with Crippen molar-refractivity contribution in [2.24, 2.45) is 11.8 Å². The fraction of sp³-hybridized carbons (Fsp3) is 0.412. The van der Waals surface area contributed by atoms with E-state index >= 15 is 0 Å². The number of fused-ring (bicyclic) bond motifs is 3. The summed E-state index contributed by atoms with van der Waals surface area (Å²) in [5.41, 5.74) is 5.04. The number of phenols is 1. The van der Waals surface area contributed by atoms with Gasteiger partial charge in [0.05, 0.1) is 39.4 Å². The van der Waals surface area contributed by atoms with E-state index in [0.29, 0.717) is 36.7 Å². The van der Waals surface area contributed by atoms with Gasteiger partial charge in [-0.05, 0) is 65.9 Å². The first-order valence-corrected chi connectivity index (χ1v) is 15.4. The van der Waals surface area contributed by atoms with Crippen molar-refractivity contribution in [3.05, 3.63) is 65.2 Å². The van der Waals surface area contributed by atoms with Crippen molar-refractivity contribution < 1.29 is 48.3 Å². The zero-order valence-electron chi connectivity index (χ0n) is 25.7. The number of ether oxygens (including phenoxy) is 6. The Morgan fingerprint density at radius 1 is 0.935 bits per heavy atom. The van der Waals surface area contributed by atoms with Gasteiger partial charge in [-0.1, -0.05) is 18.9 Å². The maximum Gasteiger partial charge on any atom is 0.310 e. The molecular formula is C34H38N2O10. The van der Waals surface area contributed by atoms with E-state index in [2.05, 4.69) is 5.32 Å². The first kappa shape index (κ1) is 31.2. The van der Waals surface area contributed by atoms with Crippen LogP contribution in [0.4, 0.5) is 5.69 Å². The van der Waals surface area contributed by atoms with Crippen LogP contribution >= 0.6 is 0 Å². The molecule has 244 valence electrons. The monoisotopic (exact) mass is 634 g/mol. The molecule has 0 bridgehead atoms. The summed E-state index contributed by atoms with van der Waals surface area (Å²) in [6, 6.07) is 14.8. The SMILES string of the molecule is COc1cc([C@@H]2c3cc4c(cc3[C@@H](Nc3cccc(OCCCCCCC(=O)NO)c3)[C@H]3COC(=O)[C@H]23)OCO4)cc(OC)c1O. The molecule has 0 radical (unpaired) electrons. The molecule has 2 heterocycles. The smallest absolute Gasteiger partial charge is 0.310 e. The van der Waals surface area contributed by atoms with Crippen molar-refractivity contribution in [3.8, 4) is 34.5 Å². The number of hydrogen-bond donors (Lipinski definition) is 4. The van der Waals surface area contributed by atoms with E-state index in [1.807, 2.05) is 36.4 Å². The van der Waals surface area contributed by atoms with Crippen LogP contribution in [0.15, 0.2) is 48.5 Å². The largest absolute Gasteiger partial charge is 0.502 e. The summed E-state index contributed by atoms with van der Waals surface area (Å²) in [5.74, 6) is 0.432. The summed E-state index contributed by atoms with van der Waals surface area (Å²) in [6.45, 7) is 0.863. The zero-order valence-corrected chi connectivity index (χ0v) is 25.7. The van der Waals surface area contributed by atoms with Gasteiger partial charge in [0, 0.05) is 30.0 Å². The second-order valence-corrected chi connectivity index (χ2v) is 11.6. The highest BCUT2D eigenvalue weighted by Gasteiger charge is 2.52. The molecule has 0 unspecified atom stereocenters. The molecule has 4 atom stereocenters. The van der Waals surface area contributed by atoms with Crippen LogP contribution in [0.3, 0.4) is 0 Å². The molecule has 12 nitrogen and oxygen atoms in total. The summed E-state index contributed by atoms with van der Waals surface area (Å²) in [6.07, 6.45) is 3.61. The first-order valence-electron chi connectivity index (χ1n) is 15.4. The molecule has 46 heavy (non-hydrogen) atoms. The van der Waals surface area contributed by atoms with Gasteiger partial charge >= 0.3 is 5.97 Å². The van der Waals surface area contributed by atoms with Gasteiger partial charge in [-0.2, -0.15) is 0 Å². The van der Waals surface area contributed by atoms with Gasteiger partial charge in [-0.15, -0.1) is 0 Å². The molecule has 2 aliphatic heterocycles. The van der Waals surface area contributed by atoms with E-state index in [0.717, 1.165) is 41.6 Å². The number of anilines is 1. The van der Waals surface area contributed by atoms with Gasteiger partial charge in [0.2, 0.25) is 18.4 Å². The van der Waals surface area contributed by atoms with Crippen molar-refractivity contribution in [2.45, 2.75) is 44.1 Å². The molecule has 0 spiro atoms. The maximum atomic E-state index is 13.5. The van der Waals surface area contributed by atoms with E-state index in [1.165, 1.54) is 14.2 Å². The number of benzene rings is 3. The summed E-state index contributed by atoms with van der Waals surface area (Å²) in [5, 5.41) is 22.9. The first-order chi connectivity index (χ1) is 22.4. The molecule has 1 amide bonds. The van der Waals surface area contributed by atoms with Gasteiger partial charge < -0.3 is 38.8 Å². The molecule has 1 saturated heterocycles. The Bertz CT molecular complexity index is 1570. The number of carbonyl (C=O) groups is 2. The van der Waals surface area contributed by atoms with Crippen molar-refractivity contribution in [3.63, 3.8) is 0 Å². The molecule has 3 aliphatic rings. The van der Waals surface area contributed by atoms with Crippen LogP contribution in [0.25, 0.3) is 0 Å². The van der Waals surface area contributed by atoms with Crippen molar-refractivity contribution >= 4 is 17.6 Å². The number of hydroxylamine groups is 1. The molecule has 0 saturated carbocycles. The number of esters is 1. The highest BCUT2D eigenvalue weighted by molar-refractivity contribution is 5.79. The average Bonchev–Trinajstić information content (AvgIpc) is 3.69. The maximum absolute atomic E-state index is 13.5. The van der Waals surface area contributed by atoms with Crippen LogP contribution in [-0.2, 0) is 14.3 Å². The number of hydrogen-bond acceptors (Lipinski definition) is 11. The van der Waals surface area contributed by atoms with Crippen LogP contribution < -0.4 is 34.5 Å². The van der Waals surface area contributed by atoms with Crippen molar-refractivity contribution in [1.29, 1.82) is 0 Å². The van der Waals surface area contributed by atoms with Gasteiger partial charge in [0.1, 0.15) is 5.75 Å². The molecular weight excluding hydrogens is 596 g/mol. The van der Waals surface area contributed by atoms with Gasteiger partial charge in [-0.25, -0.2) is 5.48 Å². The number of phenolic OH excluding ortho intramolecular Hbond substituents is 1. The Morgan fingerprint density at radius 3 is 2.37 bits per heavy atom. The molecule has 3 aromatic rings. The lowest BCUT2D eigenvalue weighted by atomic mass is 9.65. The highest BCUT2D eigenvalue weighted by atomic mass is 16.7. The average molecular weight is 635 g/mol. The third kappa shape index (κ3) is 6.17. The molecule has 3 aromatic carbocycles. The molecule has 12 heteroatoms. The van der Waals surface area contributed by atoms with E-state index < -0.39 is 11.8 Å². The minimum absolute atomic E-state index is 0.105. The van der Waals surface area contributed by atoms with Crippen LogP contribution in [0.2, 0.25) is 0 Å². The van der Waals surface area contributed by atoms with Crippen LogP contribution in [0.5, 0.6) is 34.5 Å². The number of rotatable bonds is 13. The van der Waals surface area contributed by atoms with Crippen molar-refractivity contribution in [1.82, 2.24) is 5.48 Å². The lowest BCUT2D eigenvalue weighted by Gasteiger charge is -2.40. The minimum atomic E-state index is -0.535. The number of carbonyl (C=O) groups excluding carboxylic acids is 2. The lowest BCUT2D eigenvalue weighted by molar-refractivity contribution is -0.141. The number of unbranched alkanes of at least 4 members (excludes halogenated alkanes) is 3. The van der Waals surface area contributed by atoms with E-state index in [9.17, 15) is 14.7 Å². The predicted octanol–water partition coefficient (Wildman–Crippen LogP) is 5.06. The number of amides is 1. The van der Waals surface area contributed by atoms with Gasteiger partial charge in [0.15, 0.2) is 23.0 Å². The molecule has 0 aromatic heterocycles. The third-order valence-electron chi connectivity index (χ3n) is 8.90. The summed E-state index contributed by atoms with van der Waals surface area (Å²) in [7, 11) is 2.94. The minimum Gasteiger partial charge on any atom is -0.502 e. The second kappa shape index (κ2) is 13.7. The van der Waals surface area contributed by atoms with Crippen LogP contribution in [-0.4, -0.2) is 56.4 Å². The van der Waals surface area contributed by atoms with Crippen LogP contribution in [0.1, 0.15) is 60.8 Å². The summed E-state index contributed by atoms with van der Waals surface area (Å²) in [4.78, 5) is 24.6. The Morgan fingerprint density at radius 2 is 1.65 bits per heavy atom. The quantitative estimate of drug-likeness (QED) is 0.0863. The lowest BCUT2D eigenvalue weighted by Crippen LogP contribution is -2.37. The summed E-state index contributed by atoms with van der Waals surface area (Å²) < 4.78 is 34.2. The summed E-state index contributed by atoms with van der Waals surface area (Å²) >= 11 is 0. The highest BCUT2D eigenvalue weighted by Crippen LogP contribution is 2.56. The molecule has 1 fully saturated rings. The Labute approximate surface area is 266 Å². The second-order valence-electron chi connectivity index (χ2n) is 11.6. The number of nitrogens with one attached hydrogen (secondary N) is 2. The predicted molar refractivity (Wildman–Crippen MR) is 165 cm³/mol.